The van der Waals surface area contributed by atoms with Crippen LogP contribution in [-0.2, 0) is 10.2 Å². The Bertz CT molecular complexity index is 834. The number of fused-ring (bicyclic) bond motifs is 1. The maximum atomic E-state index is 12.8. The number of hydrogen-bond donors (Lipinski definition) is 1. The summed E-state index contributed by atoms with van der Waals surface area (Å²) < 4.78 is 11.2. The SMILES string of the molecule is CC(C)CC(CC(=O)Nc1ccc2c(c1)OCCO2)c1ccc(C(C)(C)C)cc1. The third kappa shape index (κ3) is 5.75. The molecule has 1 aliphatic rings. The fourth-order valence-electron chi connectivity index (χ4n) is 3.72. The van der Waals surface area contributed by atoms with Crippen molar-refractivity contribution in [3.8, 4) is 11.5 Å². The average Bonchev–Trinajstić information content (AvgIpc) is 2.66. The Labute approximate surface area is 174 Å². The van der Waals surface area contributed by atoms with E-state index in [-0.39, 0.29) is 17.2 Å². The van der Waals surface area contributed by atoms with E-state index in [1.54, 1.807) is 0 Å². The smallest absolute Gasteiger partial charge is 0.224 e. The molecule has 0 spiro atoms. The minimum atomic E-state index is 0.0206. The van der Waals surface area contributed by atoms with Crippen LogP contribution < -0.4 is 14.8 Å². The standard InChI is InChI=1S/C25H33NO3/c1-17(2)14-19(18-6-8-20(9-7-18)25(3,4)5)15-24(27)26-21-10-11-22-23(16-21)29-13-12-28-22/h6-11,16-17,19H,12-15H2,1-5H3,(H,26,27). The lowest BCUT2D eigenvalue weighted by molar-refractivity contribution is -0.116. The highest BCUT2D eigenvalue weighted by atomic mass is 16.6. The molecule has 4 heteroatoms. The first-order valence-corrected chi connectivity index (χ1v) is 10.5. The highest BCUT2D eigenvalue weighted by molar-refractivity contribution is 5.91. The molecule has 1 N–H and O–H groups in total. The number of benzene rings is 2. The number of rotatable bonds is 6. The Morgan fingerprint density at radius 2 is 1.66 bits per heavy atom. The van der Waals surface area contributed by atoms with Crippen molar-refractivity contribution in [3.05, 3.63) is 53.6 Å². The third-order valence-corrected chi connectivity index (χ3v) is 5.26. The molecule has 0 fully saturated rings. The van der Waals surface area contributed by atoms with Gasteiger partial charge in [0.05, 0.1) is 0 Å². The molecule has 0 aromatic heterocycles. The van der Waals surface area contributed by atoms with Crippen molar-refractivity contribution in [2.24, 2.45) is 5.92 Å². The summed E-state index contributed by atoms with van der Waals surface area (Å²) in [5.41, 5.74) is 3.40. The molecule has 0 radical (unpaired) electrons. The number of carbonyl (C=O) groups excluding carboxylic acids is 1. The molecule has 1 aliphatic heterocycles. The largest absolute Gasteiger partial charge is 0.486 e. The van der Waals surface area contributed by atoms with Crippen molar-refractivity contribution < 1.29 is 14.3 Å². The molecule has 3 rings (SSSR count). The zero-order valence-electron chi connectivity index (χ0n) is 18.2. The first-order valence-electron chi connectivity index (χ1n) is 10.5. The van der Waals surface area contributed by atoms with Gasteiger partial charge in [-0.15, -0.1) is 0 Å². The van der Waals surface area contributed by atoms with Crippen LogP contribution in [0.5, 0.6) is 11.5 Å². The number of carbonyl (C=O) groups is 1. The summed E-state index contributed by atoms with van der Waals surface area (Å²) in [4.78, 5) is 12.8. The Hall–Kier alpha value is -2.49. The van der Waals surface area contributed by atoms with E-state index in [9.17, 15) is 4.79 Å². The zero-order valence-corrected chi connectivity index (χ0v) is 18.2. The lowest BCUT2D eigenvalue weighted by Gasteiger charge is -2.23. The van der Waals surface area contributed by atoms with Crippen molar-refractivity contribution in [1.29, 1.82) is 0 Å². The predicted molar refractivity (Wildman–Crippen MR) is 118 cm³/mol. The average molecular weight is 396 g/mol. The van der Waals surface area contributed by atoms with Crippen LogP contribution in [-0.4, -0.2) is 19.1 Å². The molecule has 0 saturated heterocycles. The second-order valence-corrected chi connectivity index (χ2v) is 9.31. The molecule has 29 heavy (non-hydrogen) atoms. The molecule has 2 aromatic carbocycles. The molecule has 0 aliphatic carbocycles. The van der Waals surface area contributed by atoms with Gasteiger partial charge in [0.2, 0.25) is 5.91 Å². The summed E-state index contributed by atoms with van der Waals surface area (Å²) in [5.74, 6) is 2.15. The lowest BCUT2D eigenvalue weighted by atomic mass is 9.83. The molecule has 1 heterocycles. The van der Waals surface area contributed by atoms with E-state index in [2.05, 4.69) is 64.2 Å². The summed E-state index contributed by atoms with van der Waals surface area (Å²) in [5, 5.41) is 3.03. The van der Waals surface area contributed by atoms with Gasteiger partial charge < -0.3 is 14.8 Å². The number of nitrogens with one attached hydrogen (secondary N) is 1. The topological polar surface area (TPSA) is 47.6 Å². The van der Waals surface area contributed by atoms with E-state index in [0.717, 1.165) is 17.9 Å². The van der Waals surface area contributed by atoms with Gasteiger partial charge in [0.1, 0.15) is 13.2 Å². The van der Waals surface area contributed by atoms with Crippen molar-refractivity contribution in [2.75, 3.05) is 18.5 Å². The molecule has 2 aromatic rings. The fourth-order valence-corrected chi connectivity index (χ4v) is 3.72. The van der Waals surface area contributed by atoms with Crippen LogP contribution in [0.1, 0.15) is 64.5 Å². The van der Waals surface area contributed by atoms with Crippen molar-refractivity contribution in [1.82, 2.24) is 0 Å². The van der Waals surface area contributed by atoms with Crippen LogP contribution >= 0.6 is 0 Å². The van der Waals surface area contributed by atoms with Crippen LogP contribution in [0.2, 0.25) is 0 Å². The zero-order chi connectivity index (χ0) is 21.0. The van der Waals surface area contributed by atoms with Gasteiger partial charge in [-0.2, -0.15) is 0 Å². The summed E-state index contributed by atoms with van der Waals surface area (Å²) >= 11 is 0. The van der Waals surface area contributed by atoms with E-state index in [4.69, 9.17) is 9.47 Å². The molecule has 4 nitrogen and oxygen atoms in total. The van der Waals surface area contributed by atoms with Crippen molar-refractivity contribution >= 4 is 11.6 Å². The summed E-state index contributed by atoms with van der Waals surface area (Å²) in [6.45, 7) is 12.1. The van der Waals surface area contributed by atoms with Gasteiger partial charge in [-0.3, -0.25) is 4.79 Å². The van der Waals surface area contributed by atoms with E-state index in [0.29, 0.717) is 31.3 Å². The highest BCUT2D eigenvalue weighted by Gasteiger charge is 2.20. The van der Waals surface area contributed by atoms with Crippen LogP contribution in [0.3, 0.4) is 0 Å². The second-order valence-electron chi connectivity index (χ2n) is 9.31. The molecule has 1 unspecified atom stereocenters. The summed E-state index contributed by atoms with van der Waals surface area (Å²) in [6.07, 6.45) is 1.44. The molecular weight excluding hydrogens is 362 g/mol. The van der Waals surface area contributed by atoms with E-state index < -0.39 is 0 Å². The number of amides is 1. The van der Waals surface area contributed by atoms with Crippen LogP contribution in [0.4, 0.5) is 5.69 Å². The van der Waals surface area contributed by atoms with E-state index >= 15 is 0 Å². The van der Waals surface area contributed by atoms with Crippen molar-refractivity contribution in [3.63, 3.8) is 0 Å². The normalized spacial score (nSPS) is 14.6. The van der Waals surface area contributed by atoms with Gasteiger partial charge in [0, 0.05) is 18.2 Å². The van der Waals surface area contributed by atoms with E-state index in [1.807, 2.05) is 18.2 Å². The lowest BCUT2D eigenvalue weighted by Crippen LogP contribution is -2.18. The molecule has 0 saturated carbocycles. The van der Waals surface area contributed by atoms with Crippen molar-refractivity contribution in [2.45, 2.75) is 58.8 Å². The third-order valence-electron chi connectivity index (χ3n) is 5.26. The maximum Gasteiger partial charge on any atom is 0.224 e. The minimum Gasteiger partial charge on any atom is -0.486 e. The molecule has 1 amide bonds. The van der Waals surface area contributed by atoms with Crippen LogP contribution in [0.15, 0.2) is 42.5 Å². The van der Waals surface area contributed by atoms with Gasteiger partial charge >= 0.3 is 0 Å². The number of hydrogen-bond acceptors (Lipinski definition) is 3. The van der Waals surface area contributed by atoms with Gasteiger partial charge in [-0.25, -0.2) is 0 Å². The second kappa shape index (κ2) is 8.89. The monoisotopic (exact) mass is 395 g/mol. The molecule has 156 valence electrons. The number of anilines is 1. The Morgan fingerprint density at radius 1 is 1.00 bits per heavy atom. The Kier molecular flexibility index (Phi) is 6.51. The van der Waals surface area contributed by atoms with Crippen LogP contribution in [0, 0.1) is 5.92 Å². The molecular formula is C25H33NO3. The minimum absolute atomic E-state index is 0.0206. The molecule has 1 atom stereocenters. The fraction of sp³-hybridized carbons (Fsp3) is 0.480. The van der Waals surface area contributed by atoms with Gasteiger partial charge in [0.15, 0.2) is 11.5 Å². The highest BCUT2D eigenvalue weighted by Crippen LogP contribution is 2.34. The number of ether oxygens (including phenoxy) is 2. The van der Waals surface area contributed by atoms with E-state index in [1.165, 1.54) is 11.1 Å². The summed E-state index contributed by atoms with van der Waals surface area (Å²) in [6, 6.07) is 14.3. The Morgan fingerprint density at radius 3 is 2.28 bits per heavy atom. The first kappa shape index (κ1) is 21.2. The predicted octanol–water partition coefficient (Wildman–Crippen LogP) is 5.91. The quantitative estimate of drug-likeness (QED) is 0.661. The summed E-state index contributed by atoms with van der Waals surface area (Å²) in [7, 11) is 0. The first-order chi connectivity index (χ1) is 13.7. The van der Waals surface area contributed by atoms with Gasteiger partial charge in [0.25, 0.3) is 0 Å². The Balaban J connectivity index is 1.70. The van der Waals surface area contributed by atoms with Gasteiger partial charge in [-0.1, -0.05) is 58.9 Å². The maximum absolute atomic E-state index is 12.8. The molecule has 0 bridgehead atoms. The van der Waals surface area contributed by atoms with Gasteiger partial charge in [-0.05, 0) is 46.9 Å². The van der Waals surface area contributed by atoms with Crippen LogP contribution in [0.25, 0.3) is 0 Å².